The van der Waals surface area contributed by atoms with Crippen molar-refractivity contribution in [2.45, 2.75) is 25.3 Å². The van der Waals surface area contributed by atoms with Crippen LogP contribution in [-0.2, 0) is 0 Å². The summed E-state index contributed by atoms with van der Waals surface area (Å²) < 4.78 is 18.7. The molecule has 1 saturated carbocycles. The van der Waals surface area contributed by atoms with Crippen LogP contribution < -0.4 is 10.1 Å². The van der Waals surface area contributed by atoms with E-state index in [4.69, 9.17) is 4.74 Å². The Morgan fingerprint density at radius 2 is 2.28 bits per heavy atom. The molecule has 0 heterocycles. The van der Waals surface area contributed by atoms with Crippen molar-refractivity contribution in [2.75, 3.05) is 19.8 Å². The third-order valence-electron chi connectivity index (χ3n) is 3.46. The van der Waals surface area contributed by atoms with Gasteiger partial charge in [-0.05, 0) is 37.4 Å². The predicted molar refractivity (Wildman–Crippen MR) is 68.1 cm³/mol. The summed E-state index contributed by atoms with van der Waals surface area (Å²) in [6.45, 7) is 3.20. The van der Waals surface area contributed by atoms with E-state index in [2.05, 4.69) is 5.32 Å². The molecule has 1 aromatic carbocycles. The lowest BCUT2D eigenvalue weighted by Crippen LogP contribution is -2.55. The molecule has 0 amide bonds. The van der Waals surface area contributed by atoms with Crippen LogP contribution in [0.25, 0.3) is 0 Å². The number of hydrogen-bond donors (Lipinski definition) is 2. The van der Waals surface area contributed by atoms with Crippen molar-refractivity contribution in [1.29, 1.82) is 0 Å². The number of hydrogen-bond acceptors (Lipinski definition) is 3. The highest BCUT2D eigenvalue weighted by molar-refractivity contribution is 5.22. The molecule has 3 nitrogen and oxygen atoms in total. The Kier molecular flexibility index (Phi) is 4.19. The first-order chi connectivity index (χ1) is 8.70. The van der Waals surface area contributed by atoms with Crippen molar-refractivity contribution < 1.29 is 14.2 Å². The molecule has 4 heteroatoms. The Morgan fingerprint density at radius 1 is 1.50 bits per heavy atom. The fourth-order valence-corrected chi connectivity index (χ4v) is 2.30. The van der Waals surface area contributed by atoms with E-state index in [1.807, 2.05) is 6.92 Å². The first kappa shape index (κ1) is 13.3. The standard InChI is InChI=1S/C14H20FNO2/c1-2-16-14(9-17,11-6-7-11)10-18-13-5-3-4-12(15)8-13/h3-5,8,11,16-17H,2,6-7,9-10H2,1H3. The van der Waals surface area contributed by atoms with Crippen LogP contribution in [0.5, 0.6) is 5.75 Å². The van der Waals surface area contributed by atoms with Crippen LogP contribution >= 0.6 is 0 Å². The summed E-state index contributed by atoms with van der Waals surface area (Å²) in [5, 5.41) is 13.0. The van der Waals surface area contributed by atoms with Crippen LogP contribution in [0.4, 0.5) is 4.39 Å². The zero-order chi connectivity index (χ0) is 13.0. The van der Waals surface area contributed by atoms with Crippen molar-refractivity contribution in [2.24, 2.45) is 5.92 Å². The summed E-state index contributed by atoms with van der Waals surface area (Å²) in [5.74, 6) is 0.652. The molecule has 2 N–H and O–H groups in total. The first-order valence-corrected chi connectivity index (χ1v) is 6.44. The maximum Gasteiger partial charge on any atom is 0.126 e. The molecule has 100 valence electrons. The highest BCUT2D eigenvalue weighted by atomic mass is 19.1. The number of nitrogens with one attached hydrogen (secondary N) is 1. The zero-order valence-corrected chi connectivity index (χ0v) is 10.7. The van der Waals surface area contributed by atoms with E-state index in [9.17, 15) is 9.50 Å². The van der Waals surface area contributed by atoms with Crippen molar-refractivity contribution >= 4 is 0 Å². The van der Waals surface area contributed by atoms with E-state index in [-0.39, 0.29) is 18.0 Å². The van der Waals surface area contributed by atoms with E-state index in [1.165, 1.54) is 12.1 Å². The van der Waals surface area contributed by atoms with E-state index in [0.29, 0.717) is 18.3 Å². The van der Waals surface area contributed by atoms with Crippen LogP contribution in [-0.4, -0.2) is 30.4 Å². The van der Waals surface area contributed by atoms with Crippen molar-refractivity contribution in [1.82, 2.24) is 5.32 Å². The lowest BCUT2D eigenvalue weighted by Gasteiger charge is -2.32. The second-order valence-corrected chi connectivity index (χ2v) is 4.86. The molecule has 0 aliphatic heterocycles. The van der Waals surface area contributed by atoms with Gasteiger partial charge in [-0.3, -0.25) is 0 Å². The largest absolute Gasteiger partial charge is 0.491 e. The highest BCUT2D eigenvalue weighted by Gasteiger charge is 2.45. The topological polar surface area (TPSA) is 41.5 Å². The Bertz CT molecular complexity index is 395. The summed E-state index contributed by atoms with van der Waals surface area (Å²) in [6, 6.07) is 6.10. The first-order valence-electron chi connectivity index (χ1n) is 6.44. The normalized spacial score (nSPS) is 18.4. The molecule has 0 bridgehead atoms. The number of likely N-dealkylation sites (N-methyl/N-ethyl adjacent to an activating group) is 1. The van der Waals surface area contributed by atoms with Gasteiger partial charge in [0.25, 0.3) is 0 Å². The van der Waals surface area contributed by atoms with Gasteiger partial charge in [0.05, 0.1) is 12.1 Å². The molecule has 2 rings (SSSR count). The van der Waals surface area contributed by atoms with Gasteiger partial charge in [0, 0.05) is 6.07 Å². The molecule has 1 aliphatic carbocycles. The Labute approximate surface area is 107 Å². The lowest BCUT2D eigenvalue weighted by molar-refractivity contribution is 0.0863. The molecule has 1 atom stereocenters. The summed E-state index contributed by atoms with van der Waals surface area (Å²) in [6.07, 6.45) is 2.22. The van der Waals surface area contributed by atoms with Gasteiger partial charge < -0.3 is 15.2 Å². The Hall–Kier alpha value is -1.13. The minimum absolute atomic E-state index is 0.0425. The van der Waals surface area contributed by atoms with Gasteiger partial charge >= 0.3 is 0 Å². The number of rotatable bonds is 7. The van der Waals surface area contributed by atoms with Crippen LogP contribution in [0.2, 0.25) is 0 Å². The number of aliphatic hydroxyl groups is 1. The molecule has 1 fully saturated rings. The minimum atomic E-state index is -0.388. The average Bonchev–Trinajstić information content (AvgIpc) is 3.19. The maximum atomic E-state index is 13.0. The molecule has 1 aromatic rings. The van der Waals surface area contributed by atoms with Gasteiger partial charge in [-0.25, -0.2) is 4.39 Å². The zero-order valence-electron chi connectivity index (χ0n) is 10.7. The third kappa shape index (κ3) is 3.00. The van der Waals surface area contributed by atoms with E-state index in [0.717, 1.165) is 19.4 Å². The van der Waals surface area contributed by atoms with E-state index in [1.54, 1.807) is 12.1 Å². The number of halogens is 1. The molecule has 0 radical (unpaired) electrons. The van der Waals surface area contributed by atoms with Gasteiger partial charge in [0.15, 0.2) is 0 Å². The van der Waals surface area contributed by atoms with Crippen molar-refractivity contribution in [3.8, 4) is 5.75 Å². The van der Waals surface area contributed by atoms with Gasteiger partial charge in [-0.1, -0.05) is 13.0 Å². The number of benzene rings is 1. The average molecular weight is 253 g/mol. The van der Waals surface area contributed by atoms with Crippen LogP contribution in [0.3, 0.4) is 0 Å². The van der Waals surface area contributed by atoms with Gasteiger partial charge in [0.1, 0.15) is 18.2 Å². The van der Waals surface area contributed by atoms with Crippen LogP contribution in [0, 0.1) is 11.7 Å². The summed E-state index contributed by atoms with van der Waals surface area (Å²) >= 11 is 0. The fraction of sp³-hybridized carbons (Fsp3) is 0.571. The molecule has 18 heavy (non-hydrogen) atoms. The monoisotopic (exact) mass is 253 g/mol. The maximum absolute atomic E-state index is 13.0. The molecule has 0 aromatic heterocycles. The van der Waals surface area contributed by atoms with Gasteiger partial charge in [-0.2, -0.15) is 0 Å². The predicted octanol–water partition coefficient (Wildman–Crippen LogP) is 1.96. The second-order valence-electron chi connectivity index (χ2n) is 4.86. The van der Waals surface area contributed by atoms with Crippen molar-refractivity contribution in [3.05, 3.63) is 30.1 Å². The quantitative estimate of drug-likeness (QED) is 0.780. The second kappa shape index (κ2) is 5.67. The summed E-state index contributed by atoms with van der Waals surface area (Å²) in [5.41, 5.74) is -0.388. The van der Waals surface area contributed by atoms with E-state index >= 15 is 0 Å². The van der Waals surface area contributed by atoms with Gasteiger partial charge in [0.2, 0.25) is 0 Å². The molecular formula is C14H20FNO2. The highest BCUT2D eigenvalue weighted by Crippen LogP contribution is 2.39. The smallest absolute Gasteiger partial charge is 0.126 e. The number of ether oxygens (including phenoxy) is 1. The Balaban J connectivity index is 2.01. The number of aliphatic hydroxyl groups excluding tert-OH is 1. The molecule has 1 aliphatic rings. The van der Waals surface area contributed by atoms with Crippen LogP contribution in [0.15, 0.2) is 24.3 Å². The van der Waals surface area contributed by atoms with Crippen LogP contribution in [0.1, 0.15) is 19.8 Å². The summed E-state index contributed by atoms with van der Waals surface area (Å²) in [7, 11) is 0. The Morgan fingerprint density at radius 3 is 2.83 bits per heavy atom. The third-order valence-corrected chi connectivity index (χ3v) is 3.46. The van der Waals surface area contributed by atoms with Gasteiger partial charge in [-0.15, -0.1) is 0 Å². The molecule has 1 unspecified atom stereocenters. The van der Waals surface area contributed by atoms with E-state index < -0.39 is 0 Å². The van der Waals surface area contributed by atoms with Crippen molar-refractivity contribution in [3.63, 3.8) is 0 Å². The lowest BCUT2D eigenvalue weighted by atomic mass is 9.95. The molecular weight excluding hydrogens is 233 g/mol. The SMILES string of the molecule is CCNC(CO)(COc1cccc(F)c1)C1CC1. The minimum Gasteiger partial charge on any atom is -0.491 e. The summed E-state index contributed by atoms with van der Waals surface area (Å²) in [4.78, 5) is 0. The molecule has 0 spiro atoms. The molecule has 0 saturated heterocycles. The fourth-order valence-electron chi connectivity index (χ4n) is 2.30.